The molecule has 0 aromatic heterocycles. The molecule has 0 fully saturated rings. The molecule has 0 N–H and O–H groups in total. The normalized spacial score (nSPS) is 10.7. The van der Waals surface area contributed by atoms with Crippen LogP contribution in [0.5, 0.6) is 0 Å². The predicted molar refractivity (Wildman–Crippen MR) is 130 cm³/mol. The molecular weight excluding hydrogens is 432 g/mol. The van der Waals surface area contributed by atoms with Gasteiger partial charge in [0.15, 0.2) is 0 Å². The largest absolute Gasteiger partial charge is 0.465 e. The summed E-state index contributed by atoms with van der Waals surface area (Å²) in [6.07, 6.45) is -0.450. The first-order valence-electron chi connectivity index (χ1n) is 10.9. The first kappa shape index (κ1) is 24.7. The van der Waals surface area contributed by atoms with E-state index in [2.05, 4.69) is 0 Å². The summed E-state index contributed by atoms with van der Waals surface area (Å²) >= 11 is 0. The Labute approximate surface area is 199 Å². The molecule has 0 heterocycles. The SMILES string of the molecule is COC(=O)c1cc(-c2ccc(C)cc2)c(-c2ccc(C)cc2)c(C(=O)OC(C)C)c1C(=O)OC. The van der Waals surface area contributed by atoms with Crippen LogP contribution in [0.2, 0.25) is 0 Å². The summed E-state index contributed by atoms with van der Waals surface area (Å²) in [5.41, 5.74) is 4.31. The minimum Gasteiger partial charge on any atom is -0.465 e. The van der Waals surface area contributed by atoms with Crippen molar-refractivity contribution in [1.29, 1.82) is 0 Å². The Balaban J connectivity index is 2.55. The number of hydrogen-bond acceptors (Lipinski definition) is 6. The maximum atomic E-state index is 13.5. The van der Waals surface area contributed by atoms with Crippen LogP contribution in [0.4, 0.5) is 0 Å². The maximum Gasteiger partial charge on any atom is 0.339 e. The number of esters is 3. The summed E-state index contributed by atoms with van der Waals surface area (Å²) in [5.74, 6) is -2.33. The molecule has 0 aliphatic heterocycles. The van der Waals surface area contributed by atoms with Gasteiger partial charge in [-0.15, -0.1) is 0 Å². The molecule has 0 unspecified atom stereocenters. The highest BCUT2D eigenvalue weighted by atomic mass is 16.5. The highest BCUT2D eigenvalue weighted by molar-refractivity contribution is 6.16. The van der Waals surface area contributed by atoms with Crippen LogP contribution >= 0.6 is 0 Å². The van der Waals surface area contributed by atoms with E-state index in [1.807, 2.05) is 62.4 Å². The minimum absolute atomic E-state index is 0.0390. The topological polar surface area (TPSA) is 78.9 Å². The molecule has 3 rings (SSSR count). The molecule has 0 amide bonds. The molecule has 0 atom stereocenters. The number of carbonyl (C=O) groups is 3. The standard InChI is InChI=1S/C28H28O6/c1-16(2)34-28(31)25-23(20-13-9-18(4)10-14-20)21(19-11-7-17(3)8-12-19)15-22(26(29)32-5)24(25)27(30)33-6/h7-16H,1-6H3. The fraction of sp³-hybridized carbons (Fsp3) is 0.250. The van der Waals surface area contributed by atoms with Crippen molar-refractivity contribution < 1.29 is 28.6 Å². The predicted octanol–water partition coefficient (Wildman–Crippen LogP) is 5.78. The second kappa shape index (κ2) is 10.3. The molecule has 0 bridgehead atoms. The maximum absolute atomic E-state index is 13.5. The minimum atomic E-state index is -0.833. The Morgan fingerprint density at radius 3 is 1.65 bits per heavy atom. The van der Waals surface area contributed by atoms with Crippen LogP contribution in [0.15, 0.2) is 54.6 Å². The second-order valence-electron chi connectivity index (χ2n) is 8.27. The Kier molecular flexibility index (Phi) is 7.51. The molecule has 0 saturated carbocycles. The van der Waals surface area contributed by atoms with E-state index in [1.54, 1.807) is 19.9 Å². The number of hydrogen-bond donors (Lipinski definition) is 0. The molecular formula is C28H28O6. The molecule has 0 radical (unpaired) electrons. The summed E-state index contributed by atoms with van der Waals surface area (Å²) in [4.78, 5) is 39.2. The van der Waals surface area contributed by atoms with Gasteiger partial charge in [-0.3, -0.25) is 0 Å². The van der Waals surface area contributed by atoms with Crippen LogP contribution in [-0.4, -0.2) is 38.2 Å². The highest BCUT2D eigenvalue weighted by Crippen LogP contribution is 2.40. The number of aryl methyl sites for hydroxylation is 2. The van der Waals surface area contributed by atoms with Crippen molar-refractivity contribution in [3.8, 4) is 22.3 Å². The van der Waals surface area contributed by atoms with Gasteiger partial charge in [-0.1, -0.05) is 59.7 Å². The lowest BCUT2D eigenvalue weighted by Crippen LogP contribution is -2.22. The third-order valence-electron chi connectivity index (χ3n) is 5.37. The number of ether oxygens (including phenoxy) is 3. The third kappa shape index (κ3) is 5.01. The van der Waals surface area contributed by atoms with Crippen molar-refractivity contribution in [3.05, 3.63) is 82.4 Å². The number of carbonyl (C=O) groups excluding carboxylic acids is 3. The lowest BCUT2D eigenvalue weighted by Gasteiger charge is -2.21. The van der Waals surface area contributed by atoms with Crippen LogP contribution in [0, 0.1) is 13.8 Å². The van der Waals surface area contributed by atoms with E-state index in [0.29, 0.717) is 16.7 Å². The van der Waals surface area contributed by atoms with E-state index in [-0.39, 0.29) is 16.7 Å². The van der Waals surface area contributed by atoms with Crippen LogP contribution < -0.4 is 0 Å². The zero-order valence-corrected chi connectivity index (χ0v) is 20.2. The molecule has 0 spiro atoms. The second-order valence-corrected chi connectivity index (χ2v) is 8.27. The van der Waals surface area contributed by atoms with Gasteiger partial charge >= 0.3 is 17.9 Å². The van der Waals surface area contributed by atoms with E-state index in [9.17, 15) is 14.4 Å². The van der Waals surface area contributed by atoms with Crippen LogP contribution in [0.3, 0.4) is 0 Å². The molecule has 176 valence electrons. The van der Waals surface area contributed by atoms with Gasteiger partial charge in [0, 0.05) is 5.56 Å². The van der Waals surface area contributed by atoms with Crippen molar-refractivity contribution in [2.24, 2.45) is 0 Å². The highest BCUT2D eigenvalue weighted by Gasteiger charge is 2.33. The van der Waals surface area contributed by atoms with E-state index in [4.69, 9.17) is 14.2 Å². The van der Waals surface area contributed by atoms with Gasteiger partial charge in [0.2, 0.25) is 0 Å². The zero-order chi connectivity index (χ0) is 25.0. The van der Waals surface area contributed by atoms with Gasteiger partial charge in [0.1, 0.15) is 0 Å². The van der Waals surface area contributed by atoms with E-state index >= 15 is 0 Å². The lowest BCUT2D eigenvalue weighted by atomic mass is 9.84. The summed E-state index contributed by atoms with van der Waals surface area (Å²) in [7, 11) is 2.41. The van der Waals surface area contributed by atoms with Crippen LogP contribution in [0.1, 0.15) is 56.0 Å². The Bertz CT molecular complexity index is 1220. The van der Waals surface area contributed by atoms with Gasteiger partial charge in [-0.25, -0.2) is 14.4 Å². The monoisotopic (exact) mass is 460 g/mol. The van der Waals surface area contributed by atoms with Gasteiger partial charge in [0.25, 0.3) is 0 Å². The number of methoxy groups -OCH3 is 2. The molecule has 0 saturated heterocycles. The molecule has 0 aliphatic rings. The Morgan fingerprint density at radius 1 is 0.676 bits per heavy atom. The summed E-state index contributed by atoms with van der Waals surface area (Å²) in [6, 6.07) is 16.8. The molecule has 3 aromatic rings. The number of benzene rings is 3. The van der Waals surface area contributed by atoms with Crippen LogP contribution in [0.25, 0.3) is 22.3 Å². The van der Waals surface area contributed by atoms with Gasteiger partial charge in [0.05, 0.1) is 37.0 Å². The third-order valence-corrected chi connectivity index (χ3v) is 5.37. The van der Waals surface area contributed by atoms with Gasteiger partial charge < -0.3 is 14.2 Å². The molecule has 3 aromatic carbocycles. The van der Waals surface area contributed by atoms with Crippen molar-refractivity contribution in [1.82, 2.24) is 0 Å². The summed E-state index contributed by atoms with van der Waals surface area (Å²) in [5, 5.41) is 0. The fourth-order valence-electron chi connectivity index (χ4n) is 3.73. The van der Waals surface area contributed by atoms with Crippen molar-refractivity contribution in [3.63, 3.8) is 0 Å². The molecule has 6 nitrogen and oxygen atoms in total. The first-order valence-corrected chi connectivity index (χ1v) is 10.9. The smallest absolute Gasteiger partial charge is 0.339 e. The van der Waals surface area contributed by atoms with Gasteiger partial charge in [-0.05, 0) is 50.5 Å². The fourth-order valence-corrected chi connectivity index (χ4v) is 3.73. The van der Waals surface area contributed by atoms with E-state index < -0.39 is 24.0 Å². The Morgan fingerprint density at radius 2 is 1.18 bits per heavy atom. The molecule has 6 heteroatoms. The van der Waals surface area contributed by atoms with Crippen molar-refractivity contribution in [2.45, 2.75) is 33.8 Å². The Hall–Kier alpha value is -3.93. The zero-order valence-electron chi connectivity index (χ0n) is 20.2. The summed E-state index contributed by atoms with van der Waals surface area (Å²) in [6.45, 7) is 7.35. The number of rotatable bonds is 6. The van der Waals surface area contributed by atoms with Crippen molar-refractivity contribution in [2.75, 3.05) is 14.2 Å². The molecule has 34 heavy (non-hydrogen) atoms. The lowest BCUT2D eigenvalue weighted by molar-refractivity contribution is 0.0368. The van der Waals surface area contributed by atoms with Crippen molar-refractivity contribution >= 4 is 17.9 Å². The quantitative estimate of drug-likeness (QED) is 0.343. The molecule has 0 aliphatic carbocycles. The summed E-state index contributed by atoms with van der Waals surface area (Å²) < 4.78 is 15.5. The van der Waals surface area contributed by atoms with Gasteiger partial charge in [-0.2, -0.15) is 0 Å². The average Bonchev–Trinajstić information content (AvgIpc) is 2.82. The average molecular weight is 461 g/mol. The van der Waals surface area contributed by atoms with E-state index in [1.165, 1.54) is 14.2 Å². The van der Waals surface area contributed by atoms with Crippen LogP contribution in [-0.2, 0) is 14.2 Å². The first-order chi connectivity index (χ1) is 16.2. The van der Waals surface area contributed by atoms with E-state index in [0.717, 1.165) is 16.7 Å².